The molecule has 0 aliphatic carbocycles. The summed E-state index contributed by atoms with van der Waals surface area (Å²) in [6.07, 6.45) is -3.02. The summed E-state index contributed by atoms with van der Waals surface area (Å²) in [7, 11) is -3.51. The second-order valence-electron chi connectivity index (χ2n) is 6.75. The first-order chi connectivity index (χ1) is 13.5. The highest BCUT2D eigenvalue weighted by atomic mass is 32.2. The summed E-state index contributed by atoms with van der Waals surface area (Å²) in [6, 6.07) is 11.7. The van der Waals surface area contributed by atoms with Crippen LogP contribution in [-0.4, -0.2) is 27.1 Å². The molecule has 2 rings (SSSR count). The van der Waals surface area contributed by atoms with Crippen molar-refractivity contribution in [3.05, 3.63) is 65.2 Å². The maximum atomic E-state index is 12.7. The standard InChI is InChI=1S/C20H23F3N2O3S/c1-15-8-10-18(11-9-15)25(29(2,27)28)12-4-7-19(26)24-14-16-5-3-6-17(13-16)20(21,22)23/h3,5-6,8-11,13H,4,7,12,14H2,1-2H3,(H,24,26). The molecule has 9 heteroatoms. The van der Waals surface area contributed by atoms with Crippen molar-refractivity contribution in [3.8, 4) is 0 Å². The number of hydrogen-bond donors (Lipinski definition) is 1. The summed E-state index contributed by atoms with van der Waals surface area (Å²) in [5, 5.41) is 2.56. The van der Waals surface area contributed by atoms with Crippen LogP contribution in [0.25, 0.3) is 0 Å². The van der Waals surface area contributed by atoms with E-state index >= 15 is 0 Å². The molecule has 0 unspecified atom stereocenters. The average molecular weight is 428 g/mol. The van der Waals surface area contributed by atoms with Gasteiger partial charge in [-0.25, -0.2) is 8.42 Å². The fourth-order valence-corrected chi connectivity index (χ4v) is 3.69. The van der Waals surface area contributed by atoms with Gasteiger partial charge in [-0.3, -0.25) is 9.10 Å². The van der Waals surface area contributed by atoms with E-state index in [4.69, 9.17) is 0 Å². The number of rotatable bonds is 8. The molecule has 0 saturated carbocycles. The zero-order valence-electron chi connectivity index (χ0n) is 16.2. The second kappa shape index (κ2) is 9.30. The molecule has 0 aliphatic heterocycles. The summed E-state index contributed by atoms with van der Waals surface area (Å²) in [5.41, 5.74) is 1.08. The van der Waals surface area contributed by atoms with Crippen LogP contribution in [0, 0.1) is 6.92 Å². The van der Waals surface area contributed by atoms with Crippen molar-refractivity contribution in [2.75, 3.05) is 17.1 Å². The van der Waals surface area contributed by atoms with E-state index in [-0.39, 0.29) is 31.8 Å². The zero-order valence-corrected chi connectivity index (χ0v) is 17.0. The first kappa shape index (κ1) is 22.7. The van der Waals surface area contributed by atoms with E-state index in [1.54, 1.807) is 24.3 Å². The summed E-state index contributed by atoms with van der Waals surface area (Å²) in [6.45, 7) is 1.98. The number of alkyl halides is 3. The van der Waals surface area contributed by atoms with Crippen molar-refractivity contribution in [3.63, 3.8) is 0 Å². The molecule has 0 atom stereocenters. The summed E-state index contributed by atoms with van der Waals surface area (Å²) in [4.78, 5) is 12.0. The lowest BCUT2D eigenvalue weighted by Gasteiger charge is -2.22. The largest absolute Gasteiger partial charge is 0.416 e. The number of carbonyl (C=O) groups is 1. The number of anilines is 1. The van der Waals surface area contributed by atoms with Crippen LogP contribution in [0.5, 0.6) is 0 Å². The first-order valence-electron chi connectivity index (χ1n) is 8.94. The van der Waals surface area contributed by atoms with Gasteiger partial charge in [-0.15, -0.1) is 0 Å². The van der Waals surface area contributed by atoms with Crippen LogP contribution in [-0.2, 0) is 27.5 Å². The third kappa shape index (κ3) is 7.08. The molecule has 0 spiro atoms. The van der Waals surface area contributed by atoms with Crippen molar-refractivity contribution in [1.29, 1.82) is 0 Å². The van der Waals surface area contributed by atoms with Crippen molar-refractivity contribution < 1.29 is 26.4 Å². The van der Waals surface area contributed by atoms with Crippen molar-refractivity contribution in [2.24, 2.45) is 0 Å². The van der Waals surface area contributed by atoms with Gasteiger partial charge in [0, 0.05) is 19.5 Å². The van der Waals surface area contributed by atoms with Crippen LogP contribution >= 0.6 is 0 Å². The lowest BCUT2D eigenvalue weighted by molar-refractivity contribution is -0.137. The predicted octanol–water partition coefficient (Wildman–Crippen LogP) is 3.88. The molecule has 1 N–H and O–H groups in total. The minimum atomic E-state index is -4.44. The van der Waals surface area contributed by atoms with Crippen molar-refractivity contribution in [2.45, 2.75) is 32.5 Å². The minimum Gasteiger partial charge on any atom is -0.352 e. The quantitative estimate of drug-likeness (QED) is 0.694. The normalized spacial score (nSPS) is 11.9. The Morgan fingerprint density at radius 1 is 1.10 bits per heavy atom. The molecule has 0 aliphatic rings. The molecular formula is C20H23F3N2O3S. The zero-order chi connectivity index (χ0) is 21.7. The van der Waals surface area contributed by atoms with Crippen LogP contribution in [0.1, 0.15) is 29.5 Å². The Morgan fingerprint density at radius 3 is 2.34 bits per heavy atom. The van der Waals surface area contributed by atoms with Crippen molar-refractivity contribution >= 4 is 21.6 Å². The second-order valence-corrected chi connectivity index (χ2v) is 8.66. The molecular weight excluding hydrogens is 405 g/mol. The maximum absolute atomic E-state index is 12.7. The van der Waals surface area contributed by atoms with E-state index in [0.717, 1.165) is 24.0 Å². The first-order valence-corrected chi connectivity index (χ1v) is 10.8. The topological polar surface area (TPSA) is 66.5 Å². The highest BCUT2D eigenvalue weighted by Gasteiger charge is 2.30. The van der Waals surface area contributed by atoms with Gasteiger partial charge in [0.1, 0.15) is 0 Å². The monoisotopic (exact) mass is 428 g/mol. The van der Waals surface area contributed by atoms with Crippen LogP contribution in [0.15, 0.2) is 48.5 Å². The average Bonchev–Trinajstić information content (AvgIpc) is 2.63. The number of sulfonamides is 1. The van der Waals surface area contributed by atoms with Crippen molar-refractivity contribution in [1.82, 2.24) is 5.32 Å². The molecule has 1 amide bonds. The summed E-state index contributed by atoms with van der Waals surface area (Å²) >= 11 is 0. The molecule has 0 bridgehead atoms. The number of aryl methyl sites for hydroxylation is 1. The Morgan fingerprint density at radius 2 is 1.76 bits per heavy atom. The lowest BCUT2D eigenvalue weighted by atomic mass is 10.1. The third-order valence-electron chi connectivity index (χ3n) is 4.23. The summed E-state index contributed by atoms with van der Waals surface area (Å²) in [5.74, 6) is -0.361. The molecule has 0 radical (unpaired) electrons. The van der Waals surface area contributed by atoms with Gasteiger partial charge in [-0.2, -0.15) is 13.2 Å². The van der Waals surface area contributed by atoms with Gasteiger partial charge in [0.2, 0.25) is 15.9 Å². The molecule has 29 heavy (non-hydrogen) atoms. The van der Waals surface area contributed by atoms with Crippen LogP contribution in [0.2, 0.25) is 0 Å². The predicted molar refractivity (Wildman–Crippen MR) is 106 cm³/mol. The Labute approximate surface area is 168 Å². The molecule has 0 heterocycles. The lowest BCUT2D eigenvalue weighted by Crippen LogP contribution is -2.32. The minimum absolute atomic E-state index is 0.0312. The number of benzene rings is 2. The van der Waals surface area contributed by atoms with Gasteiger partial charge >= 0.3 is 6.18 Å². The van der Waals surface area contributed by atoms with Gasteiger partial charge in [-0.1, -0.05) is 29.8 Å². The van der Waals surface area contributed by atoms with Crippen LogP contribution < -0.4 is 9.62 Å². The highest BCUT2D eigenvalue weighted by molar-refractivity contribution is 7.92. The Bertz CT molecular complexity index is 942. The number of nitrogens with one attached hydrogen (secondary N) is 1. The molecule has 158 valence electrons. The van der Waals surface area contributed by atoms with E-state index in [9.17, 15) is 26.4 Å². The Kier molecular flexibility index (Phi) is 7.29. The van der Waals surface area contributed by atoms with E-state index in [2.05, 4.69) is 5.32 Å². The number of amides is 1. The smallest absolute Gasteiger partial charge is 0.352 e. The molecule has 0 saturated heterocycles. The molecule has 0 aromatic heterocycles. The van der Waals surface area contributed by atoms with Crippen LogP contribution in [0.4, 0.5) is 18.9 Å². The fourth-order valence-electron chi connectivity index (χ4n) is 2.73. The van der Waals surface area contributed by atoms with Gasteiger partial charge in [0.25, 0.3) is 0 Å². The third-order valence-corrected chi connectivity index (χ3v) is 5.43. The molecule has 0 fully saturated rings. The van der Waals surface area contributed by atoms with Gasteiger partial charge in [0.15, 0.2) is 0 Å². The highest BCUT2D eigenvalue weighted by Crippen LogP contribution is 2.29. The maximum Gasteiger partial charge on any atom is 0.416 e. The molecule has 5 nitrogen and oxygen atoms in total. The number of halogens is 3. The Hall–Kier alpha value is -2.55. The summed E-state index contributed by atoms with van der Waals surface area (Å²) < 4.78 is 63.5. The number of carbonyl (C=O) groups excluding carboxylic acids is 1. The number of nitrogens with zero attached hydrogens (tertiary/aromatic N) is 1. The fraction of sp³-hybridized carbons (Fsp3) is 0.350. The van der Waals surface area contributed by atoms with Gasteiger partial charge in [0.05, 0.1) is 17.5 Å². The van der Waals surface area contributed by atoms with Gasteiger partial charge in [-0.05, 0) is 43.2 Å². The van der Waals surface area contributed by atoms with Gasteiger partial charge < -0.3 is 5.32 Å². The van der Waals surface area contributed by atoms with E-state index in [1.165, 1.54) is 16.4 Å². The Balaban J connectivity index is 1.89. The van der Waals surface area contributed by atoms with E-state index in [0.29, 0.717) is 11.3 Å². The van der Waals surface area contributed by atoms with E-state index in [1.807, 2.05) is 6.92 Å². The SMILES string of the molecule is Cc1ccc(N(CCCC(=O)NCc2cccc(C(F)(F)F)c2)S(C)(=O)=O)cc1. The number of hydrogen-bond acceptors (Lipinski definition) is 3. The molecule has 2 aromatic rings. The van der Waals surface area contributed by atoms with E-state index < -0.39 is 21.8 Å². The molecule has 2 aromatic carbocycles. The van der Waals surface area contributed by atoms with Crippen LogP contribution in [0.3, 0.4) is 0 Å².